The molecule has 3 N–H and O–H groups in total. The van der Waals surface area contributed by atoms with Crippen molar-refractivity contribution in [1.82, 2.24) is 15.5 Å². The van der Waals surface area contributed by atoms with E-state index in [1.165, 1.54) is 13.0 Å². The number of piperidine rings is 1. The number of aliphatic hydroxyl groups excluding tert-OH is 1. The maximum Gasteiger partial charge on any atom is 0.191 e. The SMILES string of the molecule is CCNC(=NCC(O)COCC(C)C)NC1CCN(CC2CCOC2)CC1.I. The zero-order valence-electron chi connectivity index (χ0n) is 17.9. The van der Waals surface area contributed by atoms with Crippen LogP contribution in [0.15, 0.2) is 4.99 Å². The molecule has 8 heteroatoms. The first-order valence-electron chi connectivity index (χ1n) is 10.7. The Morgan fingerprint density at radius 3 is 2.61 bits per heavy atom. The third-order valence-corrected chi connectivity index (χ3v) is 5.03. The molecule has 2 aliphatic heterocycles. The van der Waals surface area contributed by atoms with Gasteiger partial charge >= 0.3 is 0 Å². The molecule has 0 aromatic heterocycles. The second-order valence-corrected chi connectivity index (χ2v) is 8.25. The van der Waals surface area contributed by atoms with Gasteiger partial charge in [-0.3, -0.25) is 4.99 Å². The Kier molecular flexibility index (Phi) is 13.6. The van der Waals surface area contributed by atoms with E-state index in [-0.39, 0.29) is 24.0 Å². The van der Waals surface area contributed by atoms with Crippen LogP contribution < -0.4 is 10.6 Å². The van der Waals surface area contributed by atoms with Crippen molar-refractivity contribution >= 4 is 29.9 Å². The lowest BCUT2D eigenvalue weighted by atomic mass is 10.0. The van der Waals surface area contributed by atoms with Crippen LogP contribution in [0.4, 0.5) is 0 Å². The van der Waals surface area contributed by atoms with E-state index in [9.17, 15) is 5.11 Å². The molecule has 0 spiro atoms. The lowest BCUT2D eigenvalue weighted by Crippen LogP contribution is -2.49. The van der Waals surface area contributed by atoms with E-state index in [2.05, 4.69) is 41.3 Å². The summed E-state index contributed by atoms with van der Waals surface area (Å²) < 4.78 is 11.0. The van der Waals surface area contributed by atoms with Crippen molar-refractivity contribution in [2.24, 2.45) is 16.8 Å². The monoisotopic (exact) mass is 512 g/mol. The first kappa shape index (κ1) is 25.9. The molecule has 0 saturated carbocycles. The Bertz CT molecular complexity index is 426. The van der Waals surface area contributed by atoms with Crippen LogP contribution in [0.3, 0.4) is 0 Å². The summed E-state index contributed by atoms with van der Waals surface area (Å²) >= 11 is 0. The highest BCUT2D eigenvalue weighted by Gasteiger charge is 2.24. The molecule has 2 rings (SSSR count). The number of aliphatic hydroxyl groups is 1. The molecule has 0 amide bonds. The van der Waals surface area contributed by atoms with Gasteiger partial charge in [-0.15, -0.1) is 24.0 Å². The Morgan fingerprint density at radius 2 is 2.00 bits per heavy atom. The van der Waals surface area contributed by atoms with Crippen LogP contribution in [-0.2, 0) is 9.47 Å². The first-order chi connectivity index (χ1) is 13.1. The second kappa shape index (κ2) is 14.8. The summed E-state index contributed by atoms with van der Waals surface area (Å²) in [4.78, 5) is 7.11. The van der Waals surface area contributed by atoms with Gasteiger partial charge in [-0.25, -0.2) is 0 Å². The van der Waals surface area contributed by atoms with E-state index in [0.29, 0.717) is 37.6 Å². The van der Waals surface area contributed by atoms with E-state index >= 15 is 0 Å². The summed E-state index contributed by atoms with van der Waals surface area (Å²) in [6.07, 6.45) is 2.89. The van der Waals surface area contributed by atoms with Crippen molar-refractivity contribution in [3.8, 4) is 0 Å². The molecule has 0 aliphatic carbocycles. The Labute approximate surface area is 188 Å². The average Bonchev–Trinajstić information content (AvgIpc) is 3.14. The predicted molar refractivity (Wildman–Crippen MR) is 125 cm³/mol. The fourth-order valence-corrected chi connectivity index (χ4v) is 3.55. The third-order valence-electron chi connectivity index (χ3n) is 5.03. The maximum atomic E-state index is 10.1. The lowest BCUT2D eigenvalue weighted by Gasteiger charge is -2.34. The van der Waals surface area contributed by atoms with Crippen molar-refractivity contribution in [3.63, 3.8) is 0 Å². The van der Waals surface area contributed by atoms with Crippen LogP contribution in [0.25, 0.3) is 0 Å². The summed E-state index contributed by atoms with van der Waals surface area (Å²) in [6, 6.07) is 0.438. The normalized spacial score (nSPS) is 22.9. The minimum absolute atomic E-state index is 0. The number of halogens is 1. The summed E-state index contributed by atoms with van der Waals surface area (Å²) in [6.45, 7) is 13.7. The summed E-state index contributed by atoms with van der Waals surface area (Å²) in [5.74, 6) is 1.99. The topological polar surface area (TPSA) is 78.4 Å². The van der Waals surface area contributed by atoms with Crippen molar-refractivity contribution in [2.75, 3.05) is 59.2 Å². The standard InChI is InChI=1S/C20H40N4O3.HI/c1-4-21-20(22-11-19(25)15-27-13-16(2)3)23-18-5-8-24(9-6-18)12-17-7-10-26-14-17;/h16-19,25H,4-15H2,1-3H3,(H2,21,22,23);1H. The van der Waals surface area contributed by atoms with Gasteiger partial charge in [-0.1, -0.05) is 13.8 Å². The average molecular weight is 512 g/mol. The predicted octanol–water partition coefficient (Wildman–Crippen LogP) is 1.69. The third kappa shape index (κ3) is 10.6. The molecule has 28 heavy (non-hydrogen) atoms. The van der Waals surface area contributed by atoms with Gasteiger partial charge in [0.2, 0.25) is 0 Å². The summed E-state index contributed by atoms with van der Waals surface area (Å²) in [5.41, 5.74) is 0. The number of ether oxygens (including phenoxy) is 2. The molecule has 0 aromatic carbocycles. The lowest BCUT2D eigenvalue weighted by molar-refractivity contribution is 0.0301. The van der Waals surface area contributed by atoms with E-state index < -0.39 is 6.10 Å². The van der Waals surface area contributed by atoms with E-state index in [1.54, 1.807) is 0 Å². The molecule has 0 bridgehead atoms. The van der Waals surface area contributed by atoms with Gasteiger partial charge in [-0.2, -0.15) is 0 Å². The molecule has 7 nitrogen and oxygen atoms in total. The number of hydrogen-bond acceptors (Lipinski definition) is 5. The molecule has 166 valence electrons. The van der Waals surface area contributed by atoms with Crippen LogP contribution >= 0.6 is 24.0 Å². The smallest absolute Gasteiger partial charge is 0.191 e. The molecular formula is C20H41IN4O3. The second-order valence-electron chi connectivity index (χ2n) is 8.25. The van der Waals surface area contributed by atoms with Gasteiger partial charge in [0.1, 0.15) is 0 Å². The number of nitrogens with zero attached hydrogens (tertiary/aromatic N) is 2. The minimum atomic E-state index is -0.560. The fraction of sp³-hybridized carbons (Fsp3) is 0.950. The zero-order valence-corrected chi connectivity index (χ0v) is 20.2. The van der Waals surface area contributed by atoms with Crippen LogP contribution in [0.5, 0.6) is 0 Å². The molecule has 2 unspecified atom stereocenters. The van der Waals surface area contributed by atoms with Crippen molar-refractivity contribution < 1.29 is 14.6 Å². The Morgan fingerprint density at radius 1 is 1.25 bits per heavy atom. The van der Waals surface area contributed by atoms with E-state index in [4.69, 9.17) is 9.47 Å². The molecule has 0 radical (unpaired) electrons. The van der Waals surface area contributed by atoms with Crippen LogP contribution in [0, 0.1) is 11.8 Å². The summed E-state index contributed by atoms with van der Waals surface area (Å²) in [5, 5.41) is 16.9. The molecule has 2 heterocycles. The van der Waals surface area contributed by atoms with Crippen molar-refractivity contribution in [2.45, 2.75) is 52.2 Å². The first-order valence-corrected chi connectivity index (χ1v) is 10.7. The summed E-state index contributed by atoms with van der Waals surface area (Å²) in [7, 11) is 0. The largest absolute Gasteiger partial charge is 0.389 e. The van der Waals surface area contributed by atoms with Gasteiger partial charge in [0, 0.05) is 45.4 Å². The number of likely N-dealkylation sites (tertiary alicyclic amines) is 1. The number of nitrogens with one attached hydrogen (secondary N) is 2. The molecular weight excluding hydrogens is 471 g/mol. The zero-order chi connectivity index (χ0) is 19.5. The molecule has 0 aromatic rings. The fourth-order valence-electron chi connectivity index (χ4n) is 3.55. The van der Waals surface area contributed by atoms with Gasteiger partial charge in [0.05, 0.1) is 25.9 Å². The van der Waals surface area contributed by atoms with Crippen molar-refractivity contribution in [3.05, 3.63) is 0 Å². The number of hydrogen-bond donors (Lipinski definition) is 3. The van der Waals surface area contributed by atoms with Gasteiger partial charge in [0.15, 0.2) is 5.96 Å². The number of rotatable bonds is 10. The highest BCUT2D eigenvalue weighted by Crippen LogP contribution is 2.17. The number of aliphatic imine (C=N–C) groups is 1. The molecule has 2 saturated heterocycles. The molecule has 2 fully saturated rings. The van der Waals surface area contributed by atoms with Gasteiger partial charge in [-0.05, 0) is 38.0 Å². The van der Waals surface area contributed by atoms with Crippen LogP contribution in [-0.4, -0.2) is 87.3 Å². The van der Waals surface area contributed by atoms with Gasteiger partial charge < -0.3 is 30.1 Å². The minimum Gasteiger partial charge on any atom is -0.389 e. The molecule has 2 aliphatic rings. The quantitative estimate of drug-likeness (QED) is 0.235. The van der Waals surface area contributed by atoms with Crippen molar-refractivity contribution in [1.29, 1.82) is 0 Å². The Hall–Kier alpha value is -0.160. The van der Waals surface area contributed by atoms with Crippen LogP contribution in [0.2, 0.25) is 0 Å². The maximum absolute atomic E-state index is 10.1. The van der Waals surface area contributed by atoms with E-state index in [1.807, 2.05) is 0 Å². The van der Waals surface area contributed by atoms with E-state index in [0.717, 1.165) is 51.6 Å². The highest BCUT2D eigenvalue weighted by atomic mass is 127. The number of guanidine groups is 1. The van der Waals surface area contributed by atoms with Gasteiger partial charge in [0.25, 0.3) is 0 Å². The molecule has 2 atom stereocenters. The highest BCUT2D eigenvalue weighted by molar-refractivity contribution is 14.0. The Balaban J connectivity index is 0.00000392. The van der Waals surface area contributed by atoms with Crippen LogP contribution in [0.1, 0.15) is 40.0 Å².